The van der Waals surface area contributed by atoms with Crippen molar-refractivity contribution < 1.29 is 18.3 Å². The number of hydrogen-bond donors (Lipinski definition) is 2. The lowest BCUT2D eigenvalue weighted by molar-refractivity contribution is 0.146. The molecule has 0 aliphatic rings. The third-order valence-electron chi connectivity index (χ3n) is 4.04. The molecule has 0 unspecified atom stereocenters. The first-order valence-corrected chi connectivity index (χ1v) is 9.71. The number of nitrogens with zero attached hydrogens (tertiary/aromatic N) is 2. The third-order valence-corrected chi connectivity index (χ3v) is 4.63. The van der Waals surface area contributed by atoms with Crippen molar-refractivity contribution >= 4 is 34.1 Å². The van der Waals surface area contributed by atoms with E-state index in [9.17, 15) is 8.78 Å². The predicted molar refractivity (Wildman–Crippen MR) is 115 cm³/mol. The molecule has 0 spiro atoms. The monoisotopic (exact) mass is 512 g/mol. The summed E-state index contributed by atoms with van der Waals surface area (Å²) in [6.45, 7) is 0.695. The molecule has 3 aromatic rings. The van der Waals surface area contributed by atoms with Crippen LogP contribution in [0.3, 0.4) is 0 Å². The summed E-state index contributed by atoms with van der Waals surface area (Å²) in [5.74, 6) is 1.72. The van der Waals surface area contributed by atoms with Crippen LogP contribution in [0.5, 0.6) is 11.5 Å². The van der Waals surface area contributed by atoms with Crippen LogP contribution in [0.4, 0.5) is 20.3 Å². The molecular formula is C20H19F2IN4O2. The fourth-order valence-electron chi connectivity index (χ4n) is 2.54. The normalized spacial score (nSPS) is 10.8. The molecule has 0 radical (unpaired) electrons. The summed E-state index contributed by atoms with van der Waals surface area (Å²) in [5.41, 5.74) is 7.92. The van der Waals surface area contributed by atoms with Crippen LogP contribution in [-0.2, 0) is 13.2 Å². The van der Waals surface area contributed by atoms with Crippen LogP contribution in [0, 0.1) is 3.57 Å². The number of nitrogens with one attached hydrogen (secondary N) is 1. The predicted octanol–water partition coefficient (Wildman–Crippen LogP) is 4.80. The number of halogens is 3. The number of anilines is 2. The van der Waals surface area contributed by atoms with Crippen LogP contribution in [0.1, 0.15) is 23.2 Å². The minimum atomic E-state index is -2.59. The zero-order valence-corrected chi connectivity index (χ0v) is 17.7. The van der Waals surface area contributed by atoms with E-state index in [0.717, 1.165) is 9.13 Å². The van der Waals surface area contributed by atoms with Crippen LogP contribution in [0.2, 0.25) is 0 Å². The van der Waals surface area contributed by atoms with Gasteiger partial charge in [0, 0.05) is 28.1 Å². The van der Waals surface area contributed by atoms with Gasteiger partial charge in [-0.05, 0) is 52.4 Å². The molecule has 0 saturated carbocycles. The molecule has 0 amide bonds. The van der Waals surface area contributed by atoms with Crippen molar-refractivity contribution in [1.82, 2.24) is 9.97 Å². The minimum absolute atomic E-state index is 0.188. The number of nitrogens with two attached hydrogens (primary N) is 1. The van der Waals surface area contributed by atoms with Gasteiger partial charge in [-0.2, -0.15) is 0 Å². The molecule has 0 fully saturated rings. The fourth-order valence-corrected chi connectivity index (χ4v) is 3.02. The van der Waals surface area contributed by atoms with E-state index >= 15 is 0 Å². The van der Waals surface area contributed by atoms with E-state index in [1.165, 1.54) is 12.3 Å². The van der Waals surface area contributed by atoms with Crippen LogP contribution in [-0.4, -0.2) is 17.1 Å². The maximum absolute atomic E-state index is 12.6. The van der Waals surface area contributed by atoms with Crippen molar-refractivity contribution in [3.63, 3.8) is 0 Å². The Morgan fingerprint density at radius 2 is 1.86 bits per heavy atom. The maximum atomic E-state index is 12.6. The van der Waals surface area contributed by atoms with E-state index in [-0.39, 0.29) is 12.3 Å². The first-order chi connectivity index (χ1) is 14.0. The second kappa shape index (κ2) is 9.68. The second-order valence-electron chi connectivity index (χ2n) is 6.11. The van der Waals surface area contributed by atoms with Crippen molar-refractivity contribution in [2.24, 2.45) is 0 Å². The number of pyridine rings is 2. The lowest BCUT2D eigenvalue weighted by Gasteiger charge is -2.13. The molecule has 29 heavy (non-hydrogen) atoms. The first-order valence-electron chi connectivity index (χ1n) is 8.64. The SMILES string of the molecule is COc1cc(CNc2ncc(I)cc2N)ccc1OCc1ccc(C(F)F)nc1. The third kappa shape index (κ3) is 5.66. The van der Waals surface area contributed by atoms with E-state index in [1.54, 1.807) is 25.4 Å². The van der Waals surface area contributed by atoms with Crippen molar-refractivity contribution in [1.29, 1.82) is 0 Å². The molecule has 9 heteroatoms. The van der Waals surface area contributed by atoms with Gasteiger partial charge >= 0.3 is 0 Å². The van der Waals surface area contributed by atoms with Crippen molar-refractivity contribution in [2.75, 3.05) is 18.2 Å². The second-order valence-corrected chi connectivity index (χ2v) is 7.36. The van der Waals surface area contributed by atoms with Gasteiger partial charge in [-0.15, -0.1) is 0 Å². The van der Waals surface area contributed by atoms with Gasteiger partial charge < -0.3 is 20.5 Å². The molecule has 0 aliphatic heterocycles. The molecule has 3 N–H and O–H groups in total. The van der Waals surface area contributed by atoms with Gasteiger partial charge in [0.15, 0.2) is 11.5 Å². The Bertz CT molecular complexity index is 971. The standard InChI is InChI=1S/C20H19F2IN4O2/c1-28-18-6-12(8-26-20-15(24)7-14(23)10-27-20)3-5-17(18)29-11-13-2-4-16(19(21)22)25-9-13/h2-7,9-10,19H,8,11,24H2,1H3,(H,26,27). The average molecular weight is 512 g/mol. The molecule has 0 atom stereocenters. The number of nitrogen functional groups attached to an aromatic ring is 1. The van der Waals surface area contributed by atoms with Crippen molar-refractivity contribution in [2.45, 2.75) is 19.6 Å². The van der Waals surface area contributed by atoms with Gasteiger partial charge in [-0.25, -0.2) is 13.8 Å². The highest BCUT2D eigenvalue weighted by Crippen LogP contribution is 2.29. The molecule has 0 aliphatic carbocycles. The minimum Gasteiger partial charge on any atom is -0.493 e. The lowest BCUT2D eigenvalue weighted by Crippen LogP contribution is -2.05. The zero-order chi connectivity index (χ0) is 20.8. The van der Waals surface area contributed by atoms with Gasteiger partial charge in [-0.3, -0.25) is 4.98 Å². The Balaban J connectivity index is 1.63. The van der Waals surface area contributed by atoms with Gasteiger partial charge in [0.05, 0.1) is 12.8 Å². The van der Waals surface area contributed by atoms with Crippen molar-refractivity contribution in [3.05, 3.63) is 69.2 Å². The Morgan fingerprint density at radius 1 is 1.07 bits per heavy atom. The summed E-state index contributed by atoms with van der Waals surface area (Å²) in [5, 5.41) is 3.19. The summed E-state index contributed by atoms with van der Waals surface area (Å²) < 4.78 is 37.3. The molecule has 0 bridgehead atoms. The zero-order valence-electron chi connectivity index (χ0n) is 15.5. The number of benzene rings is 1. The van der Waals surface area contributed by atoms with Crippen LogP contribution in [0.15, 0.2) is 48.8 Å². The smallest absolute Gasteiger partial charge is 0.280 e. The topological polar surface area (TPSA) is 82.3 Å². The highest BCUT2D eigenvalue weighted by molar-refractivity contribution is 14.1. The Labute approximate surface area is 180 Å². The highest BCUT2D eigenvalue weighted by atomic mass is 127. The van der Waals surface area contributed by atoms with E-state index in [4.69, 9.17) is 15.2 Å². The molecule has 6 nitrogen and oxygen atoms in total. The summed E-state index contributed by atoms with van der Waals surface area (Å²) in [4.78, 5) is 8.01. The summed E-state index contributed by atoms with van der Waals surface area (Å²) >= 11 is 2.15. The summed E-state index contributed by atoms with van der Waals surface area (Å²) in [6.07, 6.45) is 0.528. The highest BCUT2D eigenvalue weighted by Gasteiger charge is 2.10. The Morgan fingerprint density at radius 3 is 2.52 bits per heavy atom. The lowest BCUT2D eigenvalue weighted by atomic mass is 10.2. The van der Waals surface area contributed by atoms with E-state index < -0.39 is 6.43 Å². The maximum Gasteiger partial charge on any atom is 0.280 e. The number of aromatic nitrogens is 2. The molecule has 152 valence electrons. The van der Waals surface area contributed by atoms with Gasteiger partial charge in [-0.1, -0.05) is 12.1 Å². The fraction of sp³-hybridized carbons (Fsp3) is 0.200. The number of hydrogen-bond acceptors (Lipinski definition) is 6. The van der Waals surface area contributed by atoms with Crippen molar-refractivity contribution in [3.8, 4) is 11.5 Å². The number of methoxy groups -OCH3 is 1. The largest absolute Gasteiger partial charge is 0.493 e. The number of alkyl halides is 2. The quantitative estimate of drug-likeness (QED) is 0.422. The Hall–Kier alpha value is -2.69. The average Bonchev–Trinajstić information content (AvgIpc) is 2.72. The number of rotatable bonds is 8. The van der Waals surface area contributed by atoms with Gasteiger partial charge in [0.25, 0.3) is 6.43 Å². The van der Waals surface area contributed by atoms with E-state index in [1.807, 2.05) is 18.2 Å². The van der Waals surface area contributed by atoms with E-state index in [2.05, 4.69) is 37.9 Å². The van der Waals surface area contributed by atoms with Crippen LogP contribution < -0.4 is 20.5 Å². The first kappa shape index (κ1) is 21.0. The molecule has 2 aromatic heterocycles. The van der Waals surface area contributed by atoms with Gasteiger partial charge in [0.2, 0.25) is 0 Å². The molecule has 2 heterocycles. The van der Waals surface area contributed by atoms with Gasteiger partial charge in [0.1, 0.15) is 18.1 Å². The summed E-state index contributed by atoms with van der Waals surface area (Å²) in [6, 6.07) is 10.2. The van der Waals surface area contributed by atoms with Crippen LogP contribution >= 0.6 is 22.6 Å². The van der Waals surface area contributed by atoms with E-state index in [0.29, 0.717) is 35.1 Å². The summed E-state index contributed by atoms with van der Waals surface area (Å²) in [7, 11) is 1.55. The molecular weight excluding hydrogens is 493 g/mol. The molecule has 0 saturated heterocycles. The number of ether oxygens (including phenoxy) is 2. The van der Waals surface area contributed by atoms with Crippen LogP contribution in [0.25, 0.3) is 0 Å². The molecule has 1 aromatic carbocycles. The molecule has 3 rings (SSSR count). The Kier molecular flexibility index (Phi) is 7.02.